The number of hydrogen-bond donors (Lipinski definition) is 2. The van der Waals surface area contributed by atoms with Gasteiger partial charge < -0.3 is 10.6 Å². The Hall–Kier alpha value is -2.13. The topological polar surface area (TPSA) is 41.1 Å². The van der Waals surface area contributed by atoms with Crippen molar-refractivity contribution in [2.45, 2.75) is 32.2 Å². The minimum Gasteiger partial charge on any atom is -0.345 e. The Bertz CT molecular complexity index is 732. The maximum atomic E-state index is 13.0. The van der Waals surface area contributed by atoms with Crippen molar-refractivity contribution in [2.75, 3.05) is 13.1 Å². The molecule has 1 aliphatic heterocycles. The molecule has 3 nitrogen and oxygen atoms in total. The molecule has 2 unspecified atom stereocenters. The minimum absolute atomic E-state index is 0.0753. The molecule has 2 aliphatic rings. The molecule has 0 bridgehead atoms. The fourth-order valence-corrected chi connectivity index (χ4v) is 4.20. The van der Waals surface area contributed by atoms with Crippen molar-refractivity contribution in [3.05, 3.63) is 71.3 Å². The molecule has 4 rings (SSSR count). The van der Waals surface area contributed by atoms with Crippen molar-refractivity contribution in [1.82, 2.24) is 10.6 Å². The first-order valence-electron chi connectivity index (χ1n) is 9.31. The molecule has 1 aliphatic carbocycles. The van der Waals surface area contributed by atoms with Crippen molar-refractivity contribution < 1.29 is 4.79 Å². The molecule has 3 heteroatoms. The number of carbonyl (C=O) groups excluding carboxylic acids is 1. The van der Waals surface area contributed by atoms with Crippen LogP contribution in [0.4, 0.5) is 0 Å². The summed E-state index contributed by atoms with van der Waals surface area (Å²) in [6.07, 6.45) is 3.31. The standard InChI is InChI=1S/C22H26N2O/c1-16-7-9-18(10-8-16)20(17-5-3-2-4-6-17)24-21(25)19-15-22(19)11-13-23-14-12-22/h2-10,19-20,23H,11-15H2,1H3,(H,24,25). The average molecular weight is 334 g/mol. The van der Waals surface area contributed by atoms with E-state index in [1.54, 1.807) is 0 Å². The maximum Gasteiger partial charge on any atom is 0.224 e. The number of hydrogen-bond acceptors (Lipinski definition) is 2. The van der Waals surface area contributed by atoms with Crippen molar-refractivity contribution in [3.63, 3.8) is 0 Å². The molecule has 1 saturated carbocycles. The first-order chi connectivity index (χ1) is 12.2. The smallest absolute Gasteiger partial charge is 0.224 e. The van der Waals surface area contributed by atoms with Crippen molar-refractivity contribution >= 4 is 5.91 Å². The number of piperidine rings is 1. The third kappa shape index (κ3) is 3.34. The van der Waals surface area contributed by atoms with E-state index in [0.29, 0.717) is 0 Å². The zero-order chi connectivity index (χ0) is 17.3. The van der Waals surface area contributed by atoms with Crippen LogP contribution >= 0.6 is 0 Å². The largest absolute Gasteiger partial charge is 0.345 e. The maximum absolute atomic E-state index is 13.0. The Balaban J connectivity index is 1.55. The monoisotopic (exact) mass is 334 g/mol. The molecule has 0 radical (unpaired) electrons. The average Bonchev–Trinajstić information content (AvgIpc) is 3.35. The number of amides is 1. The summed E-state index contributed by atoms with van der Waals surface area (Å²) in [6.45, 7) is 4.18. The molecule has 130 valence electrons. The molecule has 1 spiro atoms. The zero-order valence-electron chi connectivity index (χ0n) is 14.8. The van der Waals surface area contributed by atoms with Gasteiger partial charge in [-0.05, 0) is 55.8 Å². The van der Waals surface area contributed by atoms with Crippen LogP contribution in [0, 0.1) is 18.3 Å². The highest BCUT2D eigenvalue weighted by Gasteiger charge is 2.57. The van der Waals surface area contributed by atoms with Gasteiger partial charge in [-0.1, -0.05) is 60.2 Å². The highest BCUT2D eigenvalue weighted by molar-refractivity contribution is 5.83. The van der Waals surface area contributed by atoms with Crippen LogP contribution in [0.15, 0.2) is 54.6 Å². The lowest BCUT2D eigenvalue weighted by Crippen LogP contribution is -2.35. The van der Waals surface area contributed by atoms with E-state index in [2.05, 4.69) is 54.0 Å². The highest BCUT2D eigenvalue weighted by Crippen LogP contribution is 2.58. The third-order valence-electron chi connectivity index (χ3n) is 5.94. The van der Waals surface area contributed by atoms with Crippen LogP contribution in [0.3, 0.4) is 0 Å². The van der Waals surface area contributed by atoms with Gasteiger partial charge in [0.15, 0.2) is 0 Å². The summed E-state index contributed by atoms with van der Waals surface area (Å²) in [6, 6.07) is 18.7. The molecule has 2 aromatic rings. The first kappa shape index (κ1) is 16.3. The normalized spacial score (nSPS) is 22.4. The molecule has 1 amide bonds. The Morgan fingerprint density at radius 2 is 1.68 bits per heavy atom. The Morgan fingerprint density at radius 1 is 1.04 bits per heavy atom. The minimum atomic E-state index is -0.0753. The van der Waals surface area contributed by atoms with E-state index in [0.717, 1.165) is 43.5 Å². The zero-order valence-corrected chi connectivity index (χ0v) is 14.8. The van der Waals surface area contributed by atoms with E-state index in [4.69, 9.17) is 0 Å². The fraction of sp³-hybridized carbons (Fsp3) is 0.409. The number of benzene rings is 2. The van der Waals surface area contributed by atoms with Gasteiger partial charge in [-0.15, -0.1) is 0 Å². The summed E-state index contributed by atoms with van der Waals surface area (Å²) < 4.78 is 0. The van der Waals surface area contributed by atoms with Gasteiger partial charge in [-0.3, -0.25) is 4.79 Å². The third-order valence-corrected chi connectivity index (χ3v) is 5.94. The summed E-state index contributed by atoms with van der Waals surface area (Å²) in [7, 11) is 0. The van der Waals surface area contributed by atoms with Crippen LogP contribution < -0.4 is 10.6 Å². The van der Waals surface area contributed by atoms with Gasteiger partial charge in [-0.25, -0.2) is 0 Å². The second-order valence-corrected chi connectivity index (χ2v) is 7.63. The molecule has 1 saturated heterocycles. The molecule has 2 fully saturated rings. The Labute approximate surface area is 149 Å². The number of carbonyl (C=O) groups is 1. The van der Waals surface area contributed by atoms with Crippen LogP contribution in [-0.4, -0.2) is 19.0 Å². The molecule has 0 aromatic heterocycles. The molecular formula is C22H26N2O. The number of aryl methyl sites for hydroxylation is 1. The van der Waals surface area contributed by atoms with Gasteiger partial charge in [0.25, 0.3) is 0 Å². The molecule has 2 atom stereocenters. The van der Waals surface area contributed by atoms with Gasteiger partial charge in [-0.2, -0.15) is 0 Å². The summed E-state index contributed by atoms with van der Waals surface area (Å²) in [5.74, 6) is 0.405. The SMILES string of the molecule is Cc1ccc(C(NC(=O)C2CC23CCNCC3)c2ccccc2)cc1. The lowest BCUT2D eigenvalue weighted by Gasteiger charge is -2.25. The summed E-state index contributed by atoms with van der Waals surface area (Å²) in [4.78, 5) is 13.0. The lowest BCUT2D eigenvalue weighted by molar-refractivity contribution is -0.123. The molecule has 2 N–H and O–H groups in total. The van der Waals surface area contributed by atoms with Crippen LogP contribution in [0.25, 0.3) is 0 Å². The Morgan fingerprint density at radius 3 is 2.36 bits per heavy atom. The number of nitrogens with one attached hydrogen (secondary N) is 2. The van der Waals surface area contributed by atoms with Crippen molar-refractivity contribution in [2.24, 2.45) is 11.3 Å². The lowest BCUT2D eigenvalue weighted by atomic mass is 9.91. The summed E-state index contributed by atoms with van der Waals surface area (Å²) >= 11 is 0. The predicted molar refractivity (Wildman–Crippen MR) is 100 cm³/mol. The van der Waals surface area contributed by atoms with E-state index in [9.17, 15) is 4.79 Å². The van der Waals surface area contributed by atoms with Gasteiger partial charge in [0.2, 0.25) is 5.91 Å². The molecule has 2 aromatic carbocycles. The highest BCUT2D eigenvalue weighted by atomic mass is 16.2. The fourth-order valence-electron chi connectivity index (χ4n) is 4.20. The van der Waals surface area contributed by atoms with E-state index in [-0.39, 0.29) is 23.3 Å². The van der Waals surface area contributed by atoms with Gasteiger partial charge >= 0.3 is 0 Å². The van der Waals surface area contributed by atoms with Crippen LogP contribution in [-0.2, 0) is 4.79 Å². The van der Waals surface area contributed by atoms with E-state index >= 15 is 0 Å². The quantitative estimate of drug-likeness (QED) is 0.897. The summed E-state index contributed by atoms with van der Waals surface area (Å²) in [5.41, 5.74) is 3.78. The van der Waals surface area contributed by atoms with E-state index in [1.807, 2.05) is 18.2 Å². The number of rotatable bonds is 4. The second-order valence-electron chi connectivity index (χ2n) is 7.63. The van der Waals surface area contributed by atoms with Crippen LogP contribution in [0.2, 0.25) is 0 Å². The first-order valence-corrected chi connectivity index (χ1v) is 9.31. The van der Waals surface area contributed by atoms with E-state index in [1.165, 1.54) is 5.56 Å². The predicted octanol–water partition coefficient (Wildman–Crippen LogP) is 3.59. The second kappa shape index (κ2) is 6.64. The van der Waals surface area contributed by atoms with Gasteiger partial charge in [0.05, 0.1) is 6.04 Å². The van der Waals surface area contributed by atoms with Crippen molar-refractivity contribution in [1.29, 1.82) is 0 Å². The van der Waals surface area contributed by atoms with Crippen LogP contribution in [0.1, 0.15) is 42.0 Å². The van der Waals surface area contributed by atoms with Crippen LogP contribution in [0.5, 0.6) is 0 Å². The molecular weight excluding hydrogens is 308 g/mol. The van der Waals surface area contributed by atoms with Crippen molar-refractivity contribution in [3.8, 4) is 0 Å². The van der Waals surface area contributed by atoms with Gasteiger partial charge in [0, 0.05) is 5.92 Å². The van der Waals surface area contributed by atoms with E-state index < -0.39 is 0 Å². The van der Waals surface area contributed by atoms with Gasteiger partial charge in [0.1, 0.15) is 0 Å². The molecule has 25 heavy (non-hydrogen) atoms. The molecule has 1 heterocycles. The Kier molecular flexibility index (Phi) is 4.34. The summed E-state index contributed by atoms with van der Waals surface area (Å²) in [5, 5.41) is 6.75.